The lowest BCUT2D eigenvalue weighted by atomic mass is 9.78. The number of methoxy groups -OCH3 is 1. The van der Waals surface area contributed by atoms with Crippen LogP contribution in [0.25, 0.3) is 0 Å². The van der Waals surface area contributed by atoms with E-state index < -0.39 is 35.1 Å². The zero-order valence-corrected chi connectivity index (χ0v) is 15.3. The van der Waals surface area contributed by atoms with Crippen molar-refractivity contribution in [3.05, 3.63) is 83.4 Å². The minimum Gasteiger partial charge on any atom is -0.463 e. The molecule has 1 heterocycles. The van der Waals surface area contributed by atoms with Crippen molar-refractivity contribution in [2.75, 3.05) is 7.11 Å². The van der Waals surface area contributed by atoms with Crippen molar-refractivity contribution in [2.24, 2.45) is 0 Å². The van der Waals surface area contributed by atoms with Crippen LogP contribution in [-0.2, 0) is 19.1 Å². The smallest absolute Gasteiger partial charge is 0.373 e. The molecule has 0 aliphatic carbocycles. The van der Waals surface area contributed by atoms with Crippen molar-refractivity contribution in [2.45, 2.75) is 18.4 Å². The molecule has 0 saturated carbocycles. The second kappa shape index (κ2) is 7.64. The predicted octanol–water partition coefficient (Wildman–Crippen LogP) is 2.71. The summed E-state index contributed by atoms with van der Waals surface area (Å²) in [5.74, 6) is -4.22. The van der Waals surface area contributed by atoms with Gasteiger partial charge in [-0.2, -0.15) is 0 Å². The Balaban J connectivity index is 2.07. The lowest BCUT2D eigenvalue weighted by Crippen LogP contribution is -2.58. The summed E-state index contributed by atoms with van der Waals surface area (Å²) in [7, 11) is 1.14. The number of cyclic esters (lactones) is 1. The fourth-order valence-corrected chi connectivity index (χ4v) is 3.05. The maximum Gasteiger partial charge on any atom is 0.373 e. The van der Waals surface area contributed by atoms with E-state index >= 15 is 0 Å². The molecule has 144 valence electrons. The van der Waals surface area contributed by atoms with Gasteiger partial charge in [-0.1, -0.05) is 36.4 Å². The first-order valence-electron chi connectivity index (χ1n) is 8.51. The molecule has 0 aromatic heterocycles. The molecule has 28 heavy (non-hydrogen) atoms. The van der Waals surface area contributed by atoms with Gasteiger partial charge >= 0.3 is 11.9 Å². The van der Waals surface area contributed by atoms with Crippen molar-refractivity contribution in [3.63, 3.8) is 0 Å². The first-order valence-corrected chi connectivity index (χ1v) is 8.51. The van der Waals surface area contributed by atoms with Gasteiger partial charge in [0.15, 0.2) is 0 Å². The average Bonchev–Trinajstić information content (AvgIpc) is 2.70. The Bertz CT molecular complexity index is 956. The fraction of sp³-hybridized carbons (Fsp3) is 0.190. The Morgan fingerprint density at radius 3 is 2.39 bits per heavy atom. The standard InChI is InChI=1S/C21H18FNO5/c1-21(23-18(24)13-8-4-3-5-9-13)15(14-10-6-7-11-16(14)22)12-17(19(25)27-2)28-20(21)26/h3-12,15H,1-2H3,(H,23,24)/t15-,21+/m1/s1. The zero-order chi connectivity index (χ0) is 20.3. The number of hydrogen-bond donors (Lipinski definition) is 1. The van der Waals surface area contributed by atoms with Crippen LogP contribution < -0.4 is 5.32 Å². The van der Waals surface area contributed by atoms with Crippen LogP contribution in [0.4, 0.5) is 4.39 Å². The van der Waals surface area contributed by atoms with Gasteiger partial charge in [0.25, 0.3) is 5.91 Å². The Morgan fingerprint density at radius 2 is 1.75 bits per heavy atom. The molecule has 0 bridgehead atoms. The minimum atomic E-state index is -1.65. The molecule has 2 atom stereocenters. The number of nitrogens with one attached hydrogen (secondary N) is 1. The summed E-state index contributed by atoms with van der Waals surface area (Å²) in [5.41, 5.74) is -1.19. The van der Waals surface area contributed by atoms with E-state index in [2.05, 4.69) is 10.1 Å². The molecule has 2 aromatic carbocycles. The predicted molar refractivity (Wildman–Crippen MR) is 97.6 cm³/mol. The van der Waals surface area contributed by atoms with Crippen molar-refractivity contribution >= 4 is 17.8 Å². The van der Waals surface area contributed by atoms with Gasteiger partial charge in [0.1, 0.15) is 11.4 Å². The highest BCUT2D eigenvalue weighted by Crippen LogP contribution is 2.37. The van der Waals surface area contributed by atoms with Crippen LogP contribution >= 0.6 is 0 Å². The highest BCUT2D eigenvalue weighted by molar-refractivity contribution is 6.01. The normalized spacial score (nSPS) is 21.3. The quantitative estimate of drug-likeness (QED) is 0.821. The molecular formula is C21H18FNO5. The van der Waals surface area contributed by atoms with E-state index in [4.69, 9.17) is 4.74 Å². The summed E-state index contributed by atoms with van der Waals surface area (Å²) in [6, 6.07) is 14.1. The summed E-state index contributed by atoms with van der Waals surface area (Å²) in [6.45, 7) is 1.43. The van der Waals surface area contributed by atoms with Crippen LogP contribution in [0.15, 0.2) is 66.4 Å². The number of ether oxygens (including phenoxy) is 2. The first-order chi connectivity index (χ1) is 13.4. The molecule has 0 spiro atoms. The van der Waals surface area contributed by atoms with Gasteiger partial charge in [-0.25, -0.2) is 14.0 Å². The van der Waals surface area contributed by atoms with E-state index in [1.807, 2.05) is 0 Å². The molecule has 0 saturated heterocycles. The van der Waals surface area contributed by atoms with Gasteiger partial charge in [0.05, 0.1) is 7.11 Å². The van der Waals surface area contributed by atoms with Gasteiger partial charge in [-0.05, 0) is 36.8 Å². The highest BCUT2D eigenvalue weighted by Gasteiger charge is 2.49. The van der Waals surface area contributed by atoms with Crippen molar-refractivity contribution in [1.82, 2.24) is 5.32 Å². The molecule has 7 heteroatoms. The monoisotopic (exact) mass is 383 g/mol. The number of halogens is 1. The number of benzene rings is 2. The van der Waals surface area contributed by atoms with Crippen molar-refractivity contribution < 1.29 is 28.2 Å². The second-order valence-corrected chi connectivity index (χ2v) is 6.43. The summed E-state index contributed by atoms with van der Waals surface area (Å²) < 4.78 is 24.2. The van der Waals surface area contributed by atoms with E-state index in [-0.39, 0.29) is 11.3 Å². The summed E-state index contributed by atoms with van der Waals surface area (Å²) in [6.07, 6.45) is 1.29. The van der Waals surface area contributed by atoms with Crippen LogP contribution in [0.3, 0.4) is 0 Å². The van der Waals surface area contributed by atoms with Crippen LogP contribution in [0.5, 0.6) is 0 Å². The molecule has 6 nitrogen and oxygen atoms in total. The number of carbonyl (C=O) groups is 3. The third-order valence-electron chi connectivity index (χ3n) is 4.60. The van der Waals surface area contributed by atoms with Crippen LogP contribution in [0.1, 0.15) is 28.8 Å². The van der Waals surface area contributed by atoms with Crippen molar-refractivity contribution in [1.29, 1.82) is 0 Å². The molecule has 2 aromatic rings. The average molecular weight is 383 g/mol. The van der Waals surface area contributed by atoms with Crippen LogP contribution in [0.2, 0.25) is 0 Å². The maximum atomic E-state index is 14.5. The van der Waals surface area contributed by atoms with E-state index in [1.165, 1.54) is 31.2 Å². The van der Waals surface area contributed by atoms with Gasteiger partial charge < -0.3 is 14.8 Å². The lowest BCUT2D eigenvalue weighted by molar-refractivity contribution is -0.156. The lowest BCUT2D eigenvalue weighted by Gasteiger charge is -2.38. The second-order valence-electron chi connectivity index (χ2n) is 6.43. The Labute approximate surface area is 161 Å². The van der Waals surface area contributed by atoms with Gasteiger partial charge in [0, 0.05) is 11.5 Å². The van der Waals surface area contributed by atoms with Crippen molar-refractivity contribution in [3.8, 4) is 0 Å². The number of rotatable bonds is 4. The fourth-order valence-electron chi connectivity index (χ4n) is 3.05. The number of esters is 2. The third kappa shape index (κ3) is 3.51. The molecule has 1 N–H and O–H groups in total. The van der Waals surface area contributed by atoms with Gasteiger partial charge in [-0.15, -0.1) is 0 Å². The SMILES string of the molecule is COC(=O)C1=C[C@H](c2ccccc2F)[C@](C)(NC(=O)c2ccccc2)C(=O)O1. The molecule has 0 fully saturated rings. The highest BCUT2D eigenvalue weighted by atomic mass is 19.1. The molecular weight excluding hydrogens is 365 g/mol. The largest absolute Gasteiger partial charge is 0.463 e. The molecule has 0 radical (unpaired) electrons. The topological polar surface area (TPSA) is 81.7 Å². The first kappa shape index (κ1) is 19.3. The molecule has 1 aliphatic heterocycles. The molecule has 0 unspecified atom stereocenters. The maximum absolute atomic E-state index is 14.5. The van der Waals surface area contributed by atoms with Crippen LogP contribution in [0, 0.1) is 5.82 Å². The third-order valence-corrected chi connectivity index (χ3v) is 4.60. The van der Waals surface area contributed by atoms with E-state index in [1.54, 1.807) is 36.4 Å². The number of carbonyl (C=O) groups excluding carboxylic acids is 3. The Hall–Kier alpha value is -3.48. The Morgan fingerprint density at radius 1 is 1.11 bits per heavy atom. The summed E-state index contributed by atoms with van der Waals surface area (Å²) in [4.78, 5) is 37.4. The minimum absolute atomic E-state index is 0.136. The number of hydrogen-bond acceptors (Lipinski definition) is 5. The van der Waals surface area contributed by atoms with Crippen LogP contribution in [-0.4, -0.2) is 30.5 Å². The summed E-state index contributed by atoms with van der Waals surface area (Å²) >= 11 is 0. The summed E-state index contributed by atoms with van der Waals surface area (Å²) in [5, 5.41) is 2.64. The van der Waals surface area contributed by atoms with E-state index in [0.29, 0.717) is 5.56 Å². The zero-order valence-electron chi connectivity index (χ0n) is 15.3. The number of amides is 1. The molecule has 1 aliphatic rings. The van der Waals surface area contributed by atoms with E-state index in [9.17, 15) is 18.8 Å². The molecule has 3 rings (SSSR count). The van der Waals surface area contributed by atoms with Gasteiger partial charge in [0.2, 0.25) is 5.76 Å². The Kier molecular flexibility index (Phi) is 5.26. The van der Waals surface area contributed by atoms with Gasteiger partial charge in [-0.3, -0.25) is 4.79 Å². The van der Waals surface area contributed by atoms with E-state index in [0.717, 1.165) is 7.11 Å². The molecule has 1 amide bonds.